The van der Waals surface area contributed by atoms with Crippen molar-refractivity contribution in [2.24, 2.45) is 5.92 Å². The summed E-state index contributed by atoms with van der Waals surface area (Å²) in [5.41, 5.74) is 0.649. The monoisotopic (exact) mass is 211 g/mol. The molecule has 0 aliphatic rings. The van der Waals surface area contributed by atoms with Gasteiger partial charge >= 0.3 is 0 Å². The van der Waals surface area contributed by atoms with E-state index in [1.165, 1.54) is 0 Å². The molecule has 1 unspecified atom stereocenters. The Morgan fingerprint density at radius 1 is 1.64 bits per heavy atom. The summed E-state index contributed by atoms with van der Waals surface area (Å²) in [7, 11) is 0. The molecule has 0 amide bonds. The van der Waals surface area contributed by atoms with E-state index in [9.17, 15) is 4.79 Å². The predicted molar refractivity (Wildman–Crippen MR) is 59.9 cm³/mol. The van der Waals surface area contributed by atoms with Crippen molar-refractivity contribution in [3.63, 3.8) is 0 Å². The van der Waals surface area contributed by atoms with Crippen LogP contribution in [0.25, 0.3) is 0 Å². The van der Waals surface area contributed by atoms with E-state index in [1.807, 2.05) is 12.3 Å². The zero-order valence-corrected chi connectivity index (χ0v) is 9.86. The van der Waals surface area contributed by atoms with Crippen molar-refractivity contribution < 1.29 is 4.79 Å². The molecule has 3 heteroatoms. The van der Waals surface area contributed by atoms with E-state index < -0.39 is 0 Å². The number of carbonyl (C=O) groups is 1. The van der Waals surface area contributed by atoms with Gasteiger partial charge in [-0.15, -0.1) is 11.3 Å². The van der Waals surface area contributed by atoms with Gasteiger partial charge in [0.2, 0.25) is 0 Å². The number of rotatable bonds is 5. The SMILES string of the molecule is CCCC(C)CC(=O)c1csc(C)n1. The van der Waals surface area contributed by atoms with Crippen LogP contribution >= 0.6 is 11.3 Å². The first-order valence-electron chi connectivity index (χ1n) is 5.08. The summed E-state index contributed by atoms with van der Waals surface area (Å²) < 4.78 is 0. The third-order valence-electron chi connectivity index (χ3n) is 2.22. The van der Waals surface area contributed by atoms with Gasteiger partial charge in [-0.05, 0) is 12.8 Å². The highest BCUT2D eigenvalue weighted by atomic mass is 32.1. The van der Waals surface area contributed by atoms with Crippen molar-refractivity contribution in [2.75, 3.05) is 0 Å². The molecular weight excluding hydrogens is 194 g/mol. The van der Waals surface area contributed by atoms with E-state index in [2.05, 4.69) is 18.8 Å². The summed E-state index contributed by atoms with van der Waals surface area (Å²) in [6.07, 6.45) is 2.90. The van der Waals surface area contributed by atoms with Crippen molar-refractivity contribution in [3.05, 3.63) is 16.1 Å². The Hall–Kier alpha value is -0.700. The molecule has 0 saturated heterocycles. The second-order valence-electron chi connectivity index (χ2n) is 3.77. The van der Waals surface area contributed by atoms with E-state index in [0.717, 1.165) is 17.8 Å². The number of aryl methyl sites for hydroxylation is 1. The maximum atomic E-state index is 11.7. The zero-order valence-electron chi connectivity index (χ0n) is 9.04. The number of aromatic nitrogens is 1. The molecule has 0 aromatic carbocycles. The lowest BCUT2D eigenvalue weighted by Crippen LogP contribution is -2.06. The second kappa shape index (κ2) is 5.25. The first-order chi connectivity index (χ1) is 6.63. The maximum absolute atomic E-state index is 11.7. The Balaban J connectivity index is 2.50. The fraction of sp³-hybridized carbons (Fsp3) is 0.636. The van der Waals surface area contributed by atoms with Gasteiger partial charge in [0, 0.05) is 11.8 Å². The summed E-state index contributed by atoms with van der Waals surface area (Å²) in [4.78, 5) is 15.9. The Kier molecular flexibility index (Phi) is 4.26. The molecule has 1 heterocycles. The molecule has 2 nitrogen and oxygen atoms in total. The number of hydrogen-bond donors (Lipinski definition) is 0. The van der Waals surface area contributed by atoms with Gasteiger partial charge in [0.1, 0.15) is 5.69 Å². The second-order valence-corrected chi connectivity index (χ2v) is 4.84. The topological polar surface area (TPSA) is 30.0 Å². The number of ketones is 1. The van der Waals surface area contributed by atoms with Crippen LogP contribution in [-0.4, -0.2) is 10.8 Å². The van der Waals surface area contributed by atoms with Gasteiger partial charge in [-0.3, -0.25) is 4.79 Å². The van der Waals surface area contributed by atoms with Crippen LogP contribution in [0.4, 0.5) is 0 Å². The van der Waals surface area contributed by atoms with Crippen LogP contribution < -0.4 is 0 Å². The van der Waals surface area contributed by atoms with Crippen molar-refractivity contribution in [2.45, 2.75) is 40.0 Å². The van der Waals surface area contributed by atoms with Crippen LogP contribution in [0.15, 0.2) is 5.38 Å². The van der Waals surface area contributed by atoms with E-state index in [0.29, 0.717) is 18.0 Å². The van der Waals surface area contributed by atoms with E-state index >= 15 is 0 Å². The third-order valence-corrected chi connectivity index (χ3v) is 2.99. The summed E-state index contributed by atoms with van der Waals surface area (Å²) >= 11 is 1.54. The lowest BCUT2D eigenvalue weighted by atomic mass is 9.99. The van der Waals surface area contributed by atoms with Crippen molar-refractivity contribution >= 4 is 17.1 Å². The highest BCUT2D eigenvalue weighted by Gasteiger charge is 2.12. The minimum absolute atomic E-state index is 0.190. The van der Waals surface area contributed by atoms with Crippen molar-refractivity contribution in [1.29, 1.82) is 0 Å². The van der Waals surface area contributed by atoms with Gasteiger partial charge in [0.15, 0.2) is 5.78 Å². The van der Waals surface area contributed by atoms with Gasteiger partial charge in [-0.25, -0.2) is 4.98 Å². The standard InChI is InChI=1S/C11H17NOS/c1-4-5-8(2)6-11(13)10-7-14-9(3)12-10/h7-8H,4-6H2,1-3H3. The van der Waals surface area contributed by atoms with Gasteiger partial charge in [-0.1, -0.05) is 26.7 Å². The number of carbonyl (C=O) groups excluding carboxylic acids is 1. The molecule has 1 atom stereocenters. The third kappa shape index (κ3) is 3.22. The molecule has 0 radical (unpaired) electrons. The number of nitrogens with zero attached hydrogens (tertiary/aromatic N) is 1. The molecule has 1 aromatic rings. The lowest BCUT2D eigenvalue weighted by Gasteiger charge is -2.06. The zero-order chi connectivity index (χ0) is 10.6. The van der Waals surface area contributed by atoms with Gasteiger partial charge in [0.25, 0.3) is 0 Å². The maximum Gasteiger partial charge on any atom is 0.182 e. The Labute approximate surface area is 89.4 Å². The fourth-order valence-corrected chi connectivity index (χ4v) is 2.12. The van der Waals surface area contributed by atoms with E-state index in [4.69, 9.17) is 0 Å². The molecule has 78 valence electrons. The largest absolute Gasteiger partial charge is 0.292 e. The molecule has 14 heavy (non-hydrogen) atoms. The first-order valence-corrected chi connectivity index (χ1v) is 5.96. The van der Waals surface area contributed by atoms with Gasteiger partial charge < -0.3 is 0 Å². The Bertz CT molecular complexity index is 306. The molecule has 1 rings (SSSR count). The molecule has 0 spiro atoms. The summed E-state index contributed by atoms with van der Waals surface area (Å²) in [5.74, 6) is 0.671. The van der Waals surface area contributed by atoms with Crippen LogP contribution in [0.1, 0.15) is 48.6 Å². The lowest BCUT2D eigenvalue weighted by molar-refractivity contribution is 0.0958. The smallest absolute Gasteiger partial charge is 0.182 e. The van der Waals surface area contributed by atoms with E-state index in [1.54, 1.807) is 11.3 Å². The molecule has 1 aromatic heterocycles. The van der Waals surface area contributed by atoms with Crippen LogP contribution in [-0.2, 0) is 0 Å². The number of thiazole rings is 1. The van der Waals surface area contributed by atoms with Gasteiger partial charge in [-0.2, -0.15) is 0 Å². The highest BCUT2D eigenvalue weighted by Crippen LogP contribution is 2.16. The van der Waals surface area contributed by atoms with Crippen molar-refractivity contribution in [1.82, 2.24) is 4.98 Å². The summed E-state index contributed by atoms with van der Waals surface area (Å²) in [5, 5.41) is 2.83. The highest BCUT2D eigenvalue weighted by molar-refractivity contribution is 7.09. The average Bonchev–Trinajstić information content (AvgIpc) is 2.52. The van der Waals surface area contributed by atoms with Crippen LogP contribution in [0, 0.1) is 12.8 Å². The fourth-order valence-electron chi connectivity index (χ4n) is 1.51. The first kappa shape index (κ1) is 11.4. The molecule has 0 aliphatic carbocycles. The molecule has 0 bridgehead atoms. The molecule has 0 aliphatic heterocycles. The number of hydrogen-bond acceptors (Lipinski definition) is 3. The molecule has 0 saturated carbocycles. The van der Waals surface area contributed by atoms with Crippen LogP contribution in [0.5, 0.6) is 0 Å². The minimum Gasteiger partial charge on any atom is -0.292 e. The summed E-state index contributed by atoms with van der Waals surface area (Å²) in [6.45, 7) is 6.20. The Morgan fingerprint density at radius 2 is 2.36 bits per heavy atom. The Morgan fingerprint density at radius 3 is 2.86 bits per heavy atom. The van der Waals surface area contributed by atoms with Crippen molar-refractivity contribution in [3.8, 4) is 0 Å². The summed E-state index contributed by atoms with van der Waals surface area (Å²) in [6, 6.07) is 0. The van der Waals surface area contributed by atoms with Crippen LogP contribution in [0.3, 0.4) is 0 Å². The molecule has 0 N–H and O–H groups in total. The van der Waals surface area contributed by atoms with Crippen LogP contribution in [0.2, 0.25) is 0 Å². The minimum atomic E-state index is 0.190. The normalized spacial score (nSPS) is 12.8. The number of Topliss-reactive ketones (excluding diaryl/α,β-unsaturated/α-hetero) is 1. The predicted octanol–water partition coefficient (Wildman–Crippen LogP) is 3.46. The molecular formula is C11H17NOS. The van der Waals surface area contributed by atoms with E-state index in [-0.39, 0.29) is 5.78 Å². The van der Waals surface area contributed by atoms with Gasteiger partial charge in [0.05, 0.1) is 5.01 Å². The molecule has 0 fully saturated rings. The average molecular weight is 211 g/mol. The quantitative estimate of drug-likeness (QED) is 0.698.